The third-order valence-corrected chi connectivity index (χ3v) is 11.0. The number of ether oxygens (including phenoxy) is 2. The van der Waals surface area contributed by atoms with Crippen LogP contribution in [-0.2, 0) is 70.5 Å². The first-order chi connectivity index (χ1) is 29.6. The molecule has 2 aliphatic heterocycles. The number of fused-ring (bicyclic) bond motifs is 2. The summed E-state index contributed by atoms with van der Waals surface area (Å²) in [5, 5.41) is 32.0. The van der Waals surface area contributed by atoms with Crippen LogP contribution in [0.1, 0.15) is 51.7 Å². The molecular formula is C41H53N6NaO15S. The van der Waals surface area contributed by atoms with Crippen molar-refractivity contribution in [3.05, 3.63) is 77.5 Å². The first-order valence-corrected chi connectivity index (χ1v) is 21.3. The van der Waals surface area contributed by atoms with Gasteiger partial charge in [-0.05, 0) is 43.7 Å². The molecule has 2 bridgehead atoms. The van der Waals surface area contributed by atoms with Crippen molar-refractivity contribution in [3.63, 3.8) is 0 Å². The number of hydrogen-bond acceptors (Lipinski definition) is 14. The second kappa shape index (κ2) is 23.8. The van der Waals surface area contributed by atoms with Crippen LogP contribution >= 0.6 is 0 Å². The Kier molecular flexibility index (Phi) is 19.9. The van der Waals surface area contributed by atoms with E-state index in [0.29, 0.717) is 11.1 Å². The minimum atomic E-state index is -5.10. The number of rotatable bonds is 11. The van der Waals surface area contributed by atoms with Crippen molar-refractivity contribution in [2.45, 2.75) is 102 Å². The number of carbonyl (C=O) groups is 7. The van der Waals surface area contributed by atoms with E-state index < -0.39 is 119 Å². The average molecular weight is 925 g/mol. The maximum Gasteiger partial charge on any atom is 1.00 e. The van der Waals surface area contributed by atoms with Gasteiger partial charge in [0.1, 0.15) is 54.8 Å². The molecule has 21 nitrogen and oxygen atoms in total. The summed E-state index contributed by atoms with van der Waals surface area (Å²) < 4.78 is 46.5. The van der Waals surface area contributed by atoms with Gasteiger partial charge in [0.25, 0.3) is 17.7 Å². The predicted molar refractivity (Wildman–Crippen MR) is 219 cm³/mol. The molecule has 2 aromatic rings. The number of aliphatic hydroxyl groups excluding tert-OH is 1. The molecule has 2 fully saturated rings. The second-order valence-corrected chi connectivity index (χ2v) is 16.4. The van der Waals surface area contributed by atoms with Gasteiger partial charge < -0.3 is 50.8 Å². The van der Waals surface area contributed by atoms with Crippen molar-refractivity contribution >= 4 is 51.8 Å². The van der Waals surface area contributed by atoms with Crippen LogP contribution in [0.3, 0.4) is 0 Å². The molecule has 6 amide bonds. The second-order valence-electron chi connectivity index (χ2n) is 15.3. The Hall–Kier alpha value is -4.94. The molecule has 0 unspecified atom stereocenters. The first kappa shape index (κ1) is 53.4. The van der Waals surface area contributed by atoms with Gasteiger partial charge in [0.15, 0.2) is 6.10 Å². The number of nitrogens with one attached hydrogen (secondary N) is 4. The van der Waals surface area contributed by atoms with E-state index in [1.54, 1.807) is 44.2 Å². The first-order valence-electron chi connectivity index (χ1n) is 20.0. The van der Waals surface area contributed by atoms with Gasteiger partial charge in [-0.2, -0.15) is 8.42 Å². The average Bonchev–Trinajstić information content (AvgIpc) is 3.24. The van der Waals surface area contributed by atoms with Gasteiger partial charge in [-0.25, -0.2) is 8.98 Å². The number of cyclic esters (lactones) is 1. The van der Waals surface area contributed by atoms with Crippen molar-refractivity contribution in [3.8, 4) is 5.75 Å². The maximum atomic E-state index is 15.0. The smallest absolute Gasteiger partial charge is 0.872 e. The van der Waals surface area contributed by atoms with Gasteiger partial charge in [0.05, 0.1) is 0 Å². The number of nitrogens with zero attached hydrogens (tertiary/aromatic N) is 2. The summed E-state index contributed by atoms with van der Waals surface area (Å²) in [6, 6.07) is 6.87. The predicted octanol–water partition coefficient (Wildman–Crippen LogP) is -4.40. The number of carbonyl (C=O) groups excluding carboxylic acids is 7. The molecule has 0 radical (unpaired) electrons. The largest absolute Gasteiger partial charge is 1.00 e. The Balaban J connectivity index is 0.0000109. The summed E-state index contributed by atoms with van der Waals surface area (Å²) >= 11 is 0. The Morgan fingerprint density at radius 2 is 1.56 bits per heavy atom. The number of allylic oxidation sites excluding steroid dienone is 1. The zero-order valence-electron chi connectivity index (χ0n) is 36.5. The normalized spacial score (nSPS) is 25.5. The topological polar surface area (TPSA) is 299 Å². The molecule has 64 heavy (non-hydrogen) atoms. The SMILES string of the molecule is C/C=C1/NC(=O)[C@@H](NC(=O)[C@H](O)COS(=O)(=O)O)[C@@H](C)OC(=O)[C@H](C(C)C)NC(=O)[C@H](Cc2ccc([O-])cc2)N(C)C(=O)[C@H](Cc2ccccc2)N2C(=O)[C@H](CC[C@@H]2OC)NC1=O.[Na+]. The van der Waals surface area contributed by atoms with Gasteiger partial charge in [-0.1, -0.05) is 74.5 Å². The van der Waals surface area contributed by atoms with Gasteiger partial charge >= 0.3 is 45.9 Å². The fourth-order valence-corrected chi connectivity index (χ4v) is 7.35. The van der Waals surface area contributed by atoms with Gasteiger partial charge in [-0.3, -0.25) is 33.3 Å². The molecule has 0 spiro atoms. The fourth-order valence-electron chi connectivity index (χ4n) is 7.05. The quantitative estimate of drug-likeness (QED) is 0.0537. The third kappa shape index (κ3) is 14.3. The summed E-state index contributed by atoms with van der Waals surface area (Å²) in [6.45, 7) is 4.40. The Labute approximate surface area is 392 Å². The molecule has 2 saturated heterocycles. The summed E-state index contributed by atoms with van der Waals surface area (Å²) in [5.74, 6) is -8.01. The van der Waals surface area contributed by atoms with Crippen LogP contribution in [0.5, 0.6) is 5.75 Å². The number of amides is 6. The van der Waals surface area contributed by atoms with Crippen LogP contribution in [0.4, 0.5) is 0 Å². The van der Waals surface area contributed by atoms with Crippen molar-refractivity contribution in [2.24, 2.45) is 5.92 Å². The van der Waals surface area contributed by atoms with E-state index in [-0.39, 0.29) is 61.0 Å². The Bertz CT molecular complexity index is 2140. The molecule has 0 aliphatic carbocycles. The van der Waals surface area contributed by atoms with Crippen LogP contribution in [0.15, 0.2) is 66.4 Å². The van der Waals surface area contributed by atoms with Crippen LogP contribution in [0.2, 0.25) is 0 Å². The van der Waals surface area contributed by atoms with Crippen molar-refractivity contribution < 1.29 is 100.0 Å². The van der Waals surface area contributed by atoms with Crippen LogP contribution in [0.25, 0.3) is 0 Å². The van der Waals surface area contributed by atoms with Crippen LogP contribution in [0, 0.1) is 5.92 Å². The van der Waals surface area contributed by atoms with E-state index >= 15 is 0 Å². The van der Waals surface area contributed by atoms with Crippen LogP contribution in [-0.4, -0.2) is 139 Å². The Morgan fingerprint density at radius 1 is 0.953 bits per heavy atom. The number of hydrogen-bond donors (Lipinski definition) is 6. The third-order valence-electron chi connectivity index (χ3n) is 10.5. The van der Waals surface area contributed by atoms with Gasteiger partial charge in [-0.15, -0.1) is 5.75 Å². The Morgan fingerprint density at radius 3 is 2.14 bits per heavy atom. The number of benzene rings is 2. The molecule has 0 saturated carbocycles. The number of methoxy groups -OCH3 is 1. The zero-order valence-corrected chi connectivity index (χ0v) is 39.3. The monoisotopic (exact) mass is 924 g/mol. The number of esters is 1. The van der Waals surface area contributed by atoms with E-state index in [1.807, 2.05) is 0 Å². The maximum absolute atomic E-state index is 15.0. The number of aliphatic hydroxyl groups is 1. The zero-order chi connectivity index (χ0) is 46.8. The molecule has 2 aliphatic rings. The molecular weight excluding hydrogens is 872 g/mol. The molecule has 0 aromatic heterocycles. The standard InChI is InChI=1S/C41H54N6O15S.Na/c1-7-27-35(50)43-28-17-18-32(60-6)47(39(28)54)30(20-24-11-9-8-10-12-24)40(55)46(5)29(19-25-13-15-26(48)16-14-25)36(51)44-33(22(2)3)41(56)62-23(4)34(38(53)42-27)45-37(52)31(49)21-61-63(57,58)59;/h7-16,22-23,28-34,48-49H,17-21H2,1-6H3,(H,42,53)(H,43,50)(H,44,51)(H,45,52)(H,57,58,59);/q;+1/p-1/b27-7+;/t23-,28+,29+,30+,31-,32+,33+,34+;/m1./s1. The van der Waals surface area contributed by atoms with Crippen molar-refractivity contribution in [1.82, 2.24) is 31.1 Å². The van der Waals surface area contributed by atoms with Crippen molar-refractivity contribution in [1.29, 1.82) is 0 Å². The van der Waals surface area contributed by atoms with E-state index in [9.17, 15) is 52.2 Å². The van der Waals surface area contributed by atoms with E-state index in [0.717, 1.165) is 4.90 Å². The minimum Gasteiger partial charge on any atom is -0.872 e. The van der Waals surface area contributed by atoms with Crippen molar-refractivity contribution in [2.75, 3.05) is 20.8 Å². The minimum absolute atomic E-state index is 0. The molecule has 23 heteroatoms. The van der Waals surface area contributed by atoms with E-state index in [1.165, 1.54) is 63.2 Å². The molecule has 2 heterocycles. The summed E-state index contributed by atoms with van der Waals surface area (Å²) in [6.07, 6.45) is -3.82. The summed E-state index contributed by atoms with van der Waals surface area (Å²) in [4.78, 5) is 101. The molecule has 344 valence electrons. The fraction of sp³-hybridized carbons (Fsp3) is 0.488. The molecule has 6 N–H and O–H groups in total. The van der Waals surface area contributed by atoms with Gasteiger partial charge in [0.2, 0.25) is 17.7 Å². The van der Waals surface area contributed by atoms with E-state index in [2.05, 4.69) is 25.5 Å². The van der Waals surface area contributed by atoms with Crippen LogP contribution < -0.4 is 55.9 Å². The van der Waals surface area contributed by atoms with E-state index in [4.69, 9.17) is 14.0 Å². The molecule has 4 rings (SSSR count). The summed E-state index contributed by atoms with van der Waals surface area (Å²) in [5.41, 5.74) is 0.667. The molecule has 8 atom stereocenters. The number of likely N-dealkylation sites (N-methyl/N-ethyl adjacent to an activating group) is 1. The number of piperidine rings is 1. The molecule has 2 aromatic carbocycles. The summed E-state index contributed by atoms with van der Waals surface area (Å²) in [7, 11) is -2.40. The van der Waals surface area contributed by atoms with Gasteiger partial charge in [0, 0.05) is 27.0 Å².